The van der Waals surface area contributed by atoms with Crippen LogP contribution in [0.4, 0.5) is 10.5 Å². The van der Waals surface area contributed by atoms with Crippen molar-refractivity contribution in [2.75, 3.05) is 18.0 Å². The molecule has 0 unspecified atom stereocenters. The quantitative estimate of drug-likeness (QED) is 0.896. The lowest BCUT2D eigenvalue weighted by atomic mass is 10.1. The van der Waals surface area contributed by atoms with Crippen molar-refractivity contribution in [1.82, 2.24) is 5.32 Å². The molecule has 0 fully saturated rings. The Hall–Kier alpha value is -1.82. The number of nitrogens with one attached hydrogen (secondary N) is 1. The average Bonchev–Trinajstić information content (AvgIpc) is 2.78. The van der Waals surface area contributed by atoms with Crippen LogP contribution in [0.25, 0.3) is 0 Å². The van der Waals surface area contributed by atoms with E-state index in [1.54, 1.807) is 17.0 Å². The molecule has 0 bridgehead atoms. The molecule has 100 valence electrons. The third kappa shape index (κ3) is 2.96. The zero-order chi connectivity index (χ0) is 14.0. The molecule has 2 N–H and O–H groups in total. The van der Waals surface area contributed by atoms with E-state index in [-0.39, 0.29) is 11.6 Å². The molecule has 2 amide bonds. The summed E-state index contributed by atoms with van der Waals surface area (Å²) in [5, 5.41) is 11.7. The maximum atomic E-state index is 12.0. The zero-order valence-corrected chi connectivity index (χ0v) is 11.7. The molecule has 0 atom stereocenters. The summed E-state index contributed by atoms with van der Waals surface area (Å²) in [6.07, 6.45) is 0.666. The fraction of sp³-hybridized carbons (Fsp3) is 0.231. The number of carbonyl (C=O) groups excluding carboxylic acids is 1. The molecule has 0 aromatic heterocycles. The summed E-state index contributed by atoms with van der Waals surface area (Å²) in [5.74, 6) is -0.957. The number of carboxylic acid groups (broad SMARTS) is 1. The highest BCUT2D eigenvalue weighted by Gasteiger charge is 2.25. The highest BCUT2D eigenvalue weighted by molar-refractivity contribution is 9.11. The molecule has 0 radical (unpaired) electrons. The molecule has 1 heterocycles. The molecule has 6 heteroatoms. The predicted octanol–water partition coefficient (Wildman–Crippen LogP) is 2.37. The summed E-state index contributed by atoms with van der Waals surface area (Å²) < 4.78 is 0.696. The Morgan fingerprint density at radius 1 is 1.47 bits per heavy atom. The van der Waals surface area contributed by atoms with Crippen LogP contribution in [0.2, 0.25) is 0 Å². The second-order valence-corrected chi connectivity index (χ2v) is 5.35. The third-order valence-electron chi connectivity index (χ3n) is 2.90. The summed E-state index contributed by atoms with van der Waals surface area (Å²) in [6, 6.07) is 4.60. The Balaban J connectivity index is 2.16. The van der Waals surface area contributed by atoms with Crippen molar-refractivity contribution in [3.05, 3.63) is 40.4 Å². The molecular weight excluding hydrogens is 312 g/mol. The Kier molecular flexibility index (Phi) is 3.90. The predicted molar refractivity (Wildman–Crippen MR) is 75.9 cm³/mol. The minimum absolute atomic E-state index is 0.206. The molecule has 0 saturated heterocycles. The van der Waals surface area contributed by atoms with Crippen LogP contribution in [0.15, 0.2) is 29.3 Å². The van der Waals surface area contributed by atoms with E-state index in [4.69, 9.17) is 5.11 Å². The minimum Gasteiger partial charge on any atom is -0.478 e. The Morgan fingerprint density at radius 3 is 2.84 bits per heavy atom. The first kappa shape index (κ1) is 13.6. The van der Waals surface area contributed by atoms with Crippen molar-refractivity contribution in [2.45, 2.75) is 6.42 Å². The van der Waals surface area contributed by atoms with Gasteiger partial charge in [0, 0.05) is 16.7 Å². The van der Waals surface area contributed by atoms with Crippen molar-refractivity contribution in [1.29, 1.82) is 0 Å². The van der Waals surface area contributed by atoms with Crippen LogP contribution < -0.4 is 10.2 Å². The van der Waals surface area contributed by atoms with Crippen molar-refractivity contribution >= 4 is 33.6 Å². The fourth-order valence-electron chi connectivity index (χ4n) is 2.01. The molecule has 0 aliphatic carbocycles. The number of carboxylic acids is 1. The van der Waals surface area contributed by atoms with Gasteiger partial charge in [0.2, 0.25) is 0 Å². The molecule has 2 rings (SSSR count). The van der Waals surface area contributed by atoms with E-state index in [2.05, 4.69) is 27.8 Å². The number of anilines is 1. The van der Waals surface area contributed by atoms with Crippen molar-refractivity contribution in [3.8, 4) is 0 Å². The largest absolute Gasteiger partial charge is 0.478 e. The van der Waals surface area contributed by atoms with Gasteiger partial charge in [-0.15, -0.1) is 0 Å². The molecule has 0 saturated carbocycles. The number of aromatic carboxylic acids is 1. The monoisotopic (exact) mass is 324 g/mol. The number of urea groups is 1. The molecular formula is C13H13BrN2O3. The second kappa shape index (κ2) is 5.44. The third-order valence-corrected chi connectivity index (χ3v) is 3.18. The van der Waals surface area contributed by atoms with Gasteiger partial charge in [-0.1, -0.05) is 22.5 Å². The van der Waals surface area contributed by atoms with Crippen LogP contribution in [-0.2, 0) is 6.42 Å². The maximum absolute atomic E-state index is 12.0. The van der Waals surface area contributed by atoms with Gasteiger partial charge in [0.25, 0.3) is 0 Å². The topological polar surface area (TPSA) is 69.6 Å². The van der Waals surface area contributed by atoms with E-state index in [0.29, 0.717) is 24.0 Å². The van der Waals surface area contributed by atoms with Crippen LogP contribution in [0, 0.1) is 0 Å². The molecule has 1 aromatic carbocycles. The van der Waals surface area contributed by atoms with Crippen LogP contribution in [0.1, 0.15) is 15.9 Å². The number of carbonyl (C=O) groups is 2. The van der Waals surface area contributed by atoms with Crippen molar-refractivity contribution in [3.63, 3.8) is 0 Å². The summed E-state index contributed by atoms with van der Waals surface area (Å²) in [6.45, 7) is 4.56. The number of rotatable bonds is 3. The molecule has 1 aliphatic rings. The molecule has 1 aromatic rings. The number of halogens is 1. The highest BCUT2D eigenvalue weighted by atomic mass is 79.9. The minimum atomic E-state index is -0.957. The van der Waals surface area contributed by atoms with E-state index in [1.807, 2.05) is 0 Å². The van der Waals surface area contributed by atoms with Gasteiger partial charge >= 0.3 is 12.0 Å². The van der Waals surface area contributed by atoms with Gasteiger partial charge in [-0.2, -0.15) is 0 Å². The number of benzene rings is 1. The van der Waals surface area contributed by atoms with Gasteiger partial charge in [0.05, 0.1) is 12.1 Å². The summed E-state index contributed by atoms with van der Waals surface area (Å²) in [5.41, 5.74) is 1.89. The maximum Gasteiger partial charge on any atom is 0.335 e. The number of hydrogen-bond acceptors (Lipinski definition) is 2. The van der Waals surface area contributed by atoms with E-state index in [9.17, 15) is 9.59 Å². The first-order valence-corrected chi connectivity index (χ1v) is 6.53. The van der Waals surface area contributed by atoms with E-state index < -0.39 is 5.97 Å². The first-order valence-electron chi connectivity index (χ1n) is 5.74. The van der Waals surface area contributed by atoms with Gasteiger partial charge < -0.3 is 10.4 Å². The molecule has 1 aliphatic heterocycles. The average molecular weight is 325 g/mol. The van der Waals surface area contributed by atoms with Gasteiger partial charge in [-0.3, -0.25) is 4.90 Å². The Bertz CT molecular complexity index is 557. The number of nitrogens with zero attached hydrogens (tertiary/aromatic N) is 1. The van der Waals surface area contributed by atoms with Gasteiger partial charge in [-0.05, 0) is 30.2 Å². The van der Waals surface area contributed by atoms with Crippen LogP contribution in [-0.4, -0.2) is 30.2 Å². The summed E-state index contributed by atoms with van der Waals surface area (Å²) in [4.78, 5) is 24.5. The lowest BCUT2D eigenvalue weighted by Crippen LogP contribution is -2.39. The van der Waals surface area contributed by atoms with Crippen LogP contribution in [0.5, 0.6) is 0 Å². The molecule has 0 spiro atoms. The van der Waals surface area contributed by atoms with Gasteiger partial charge in [0.15, 0.2) is 0 Å². The van der Waals surface area contributed by atoms with Crippen molar-refractivity contribution < 1.29 is 14.7 Å². The van der Waals surface area contributed by atoms with E-state index >= 15 is 0 Å². The van der Waals surface area contributed by atoms with E-state index in [1.165, 1.54) is 6.07 Å². The van der Waals surface area contributed by atoms with Crippen molar-refractivity contribution in [2.24, 2.45) is 0 Å². The number of hydrogen-bond donors (Lipinski definition) is 2. The van der Waals surface area contributed by atoms with Crippen LogP contribution >= 0.6 is 15.9 Å². The summed E-state index contributed by atoms with van der Waals surface area (Å²) >= 11 is 3.18. The fourth-order valence-corrected chi connectivity index (χ4v) is 2.15. The SMILES string of the molecule is C=C(Br)CNC(=O)N1CCc2cc(C(=O)O)ccc21. The lowest BCUT2D eigenvalue weighted by molar-refractivity contribution is 0.0697. The number of amides is 2. The molecule has 5 nitrogen and oxygen atoms in total. The zero-order valence-electron chi connectivity index (χ0n) is 10.1. The van der Waals surface area contributed by atoms with Gasteiger partial charge in [0.1, 0.15) is 0 Å². The first-order chi connectivity index (χ1) is 8.99. The van der Waals surface area contributed by atoms with Crippen LogP contribution in [0.3, 0.4) is 0 Å². The highest BCUT2D eigenvalue weighted by Crippen LogP contribution is 2.28. The Morgan fingerprint density at radius 2 is 2.21 bits per heavy atom. The standard InChI is InChI=1S/C13H13BrN2O3/c1-8(14)7-15-13(19)16-5-4-9-6-10(12(17)18)2-3-11(9)16/h2-3,6H,1,4-5,7H2,(H,15,19)(H,17,18). The second-order valence-electron chi connectivity index (χ2n) is 4.23. The summed E-state index contributed by atoms with van der Waals surface area (Å²) in [7, 11) is 0. The molecule has 19 heavy (non-hydrogen) atoms. The smallest absolute Gasteiger partial charge is 0.335 e. The van der Waals surface area contributed by atoms with Gasteiger partial charge in [-0.25, -0.2) is 9.59 Å². The van der Waals surface area contributed by atoms with E-state index in [0.717, 1.165) is 11.3 Å². The lowest BCUT2D eigenvalue weighted by Gasteiger charge is -2.18. The number of fused-ring (bicyclic) bond motifs is 1. The normalized spacial score (nSPS) is 13.0. The Labute approximate surface area is 119 Å².